The average Bonchev–Trinajstić information content (AvgIpc) is 3.03. The molecule has 0 N–H and O–H groups in total. The Morgan fingerprint density at radius 3 is 2.70 bits per heavy atom. The molecule has 1 aliphatic rings. The lowest BCUT2D eigenvalue weighted by Gasteiger charge is -2.19. The standard InChI is InChI=1S/C15H12Cl2O2S/c1-15(10-4-3-5-20-10)7-8-6-9(19-2)12(16)13(17)11(8)14(15)18/h3-6H,7H2,1-2H3. The van der Waals surface area contributed by atoms with Crippen molar-refractivity contribution < 1.29 is 9.53 Å². The van der Waals surface area contributed by atoms with Gasteiger partial charge in [0.2, 0.25) is 0 Å². The van der Waals surface area contributed by atoms with Gasteiger partial charge in [0.05, 0.1) is 17.5 Å². The summed E-state index contributed by atoms with van der Waals surface area (Å²) in [7, 11) is 1.54. The number of hydrogen-bond donors (Lipinski definition) is 0. The maximum absolute atomic E-state index is 12.8. The van der Waals surface area contributed by atoms with E-state index in [4.69, 9.17) is 27.9 Å². The zero-order valence-electron chi connectivity index (χ0n) is 11.0. The minimum atomic E-state index is -0.560. The number of halogens is 2. The van der Waals surface area contributed by atoms with Crippen molar-refractivity contribution in [2.24, 2.45) is 0 Å². The second kappa shape index (κ2) is 4.76. The highest BCUT2D eigenvalue weighted by molar-refractivity contribution is 7.10. The summed E-state index contributed by atoms with van der Waals surface area (Å²) >= 11 is 14.0. The molecule has 0 aliphatic heterocycles. The molecule has 0 saturated heterocycles. The Balaban J connectivity index is 2.19. The zero-order chi connectivity index (χ0) is 14.5. The highest BCUT2D eigenvalue weighted by Gasteiger charge is 2.45. The van der Waals surface area contributed by atoms with E-state index >= 15 is 0 Å². The molecule has 1 atom stereocenters. The van der Waals surface area contributed by atoms with Crippen molar-refractivity contribution in [3.05, 3.63) is 49.6 Å². The van der Waals surface area contributed by atoms with Gasteiger partial charge in [-0.05, 0) is 36.4 Å². The van der Waals surface area contributed by atoms with Gasteiger partial charge in [-0.3, -0.25) is 4.79 Å². The monoisotopic (exact) mass is 326 g/mol. The van der Waals surface area contributed by atoms with E-state index < -0.39 is 5.41 Å². The second-order valence-corrected chi connectivity index (χ2v) is 6.76. The van der Waals surface area contributed by atoms with Gasteiger partial charge in [-0.25, -0.2) is 0 Å². The predicted octanol–water partition coefficient (Wildman–Crippen LogP) is 4.76. The van der Waals surface area contributed by atoms with Crippen LogP contribution in [-0.2, 0) is 11.8 Å². The number of rotatable bonds is 2. The quantitative estimate of drug-likeness (QED) is 0.795. The molecular formula is C15H12Cl2O2S. The Bertz CT molecular complexity index is 694. The molecule has 0 bridgehead atoms. The first kappa shape index (κ1) is 13.9. The molecule has 1 aliphatic carbocycles. The summed E-state index contributed by atoms with van der Waals surface area (Å²) in [6, 6.07) is 5.76. The van der Waals surface area contributed by atoms with E-state index in [0.717, 1.165) is 10.4 Å². The van der Waals surface area contributed by atoms with E-state index in [9.17, 15) is 4.79 Å². The fourth-order valence-electron chi connectivity index (χ4n) is 2.71. The lowest BCUT2D eigenvalue weighted by atomic mass is 9.84. The predicted molar refractivity (Wildman–Crippen MR) is 82.7 cm³/mol. The van der Waals surface area contributed by atoms with Crippen LogP contribution in [0.4, 0.5) is 0 Å². The van der Waals surface area contributed by atoms with Gasteiger partial charge in [-0.15, -0.1) is 11.3 Å². The van der Waals surface area contributed by atoms with Crippen LogP contribution >= 0.6 is 34.5 Å². The van der Waals surface area contributed by atoms with Gasteiger partial charge in [0.1, 0.15) is 10.8 Å². The molecule has 0 fully saturated rings. The van der Waals surface area contributed by atoms with Crippen LogP contribution in [0.3, 0.4) is 0 Å². The van der Waals surface area contributed by atoms with Crippen LogP contribution in [0.5, 0.6) is 5.75 Å². The maximum atomic E-state index is 12.8. The van der Waals surface area contributed by atoms with Crippen molar-refractivity contribution in [1.29, 1.82) is 0 Å². The number of hydrogen-bond acceptors (Lipinski definition) is 3. The van der Waals surface area contributed by atoms with Crippen LogP contribution in [0.1, 0.15) is 27.7 Å². The molecule has 0 amide bonds. The van der Waals surface area contributed by atoms with Crippen LogP contribution in [0.15, 0.2) is 23.6 Å². The van der Waals surface area contributed by atoms with Gasteiger partial charge in [-0.1, -0.05) is 29.3 Å². The van der Waals surface area contributed by atoms with E-state index in [1.165, 1.54) is 0 Å². The molecule has 3 rings (SSSR count). The fraction of sp³-hybridized carbons (Fsp3) is 0.267. The lowest BCUT2D eigenvalue weighted by Crippen LogP contribution is -2.28. The summed E-state index contributed by atoms with van der Waals surface area (Å²) in [5.74, 6) is 0.545. The SMILES string of the molecule is COc1cc2c(c(Cl)c1Cl)C(=O)C(C)(c1cccs1)C2. The number of thiophene rings is 1. The van der Waals surface area contributed by atoms with Crippen LogP contribution in [0.2, 0.25) is 10.0 Å². The van der Waals surface area contributed by atoms with Crippen molar-refractivity contribution in [2.45, 2.75) is 18.8 Å². The third-order valence-corrected chi connectivity index (χ3v) is 5.80. The number of methoxy groups -OCH3 is 1. The normalized spacial score (nSPS) is 21.1. The molecule has 2 aromatic rings. The molecule has 104 valence electrons. The molecule has 2 nitrogen and oxygen atoms in total. The first-order chi connectivity index (χ1) is 9.49. The zero-order valence-corrected chi connectivity index (χ0v) is 13.3. The molecule has 5 heteroatoms. The molecule has 1 aromatic carbocycles. The Labute approximate surface area is 131 Å². The number of fused-ring (bicyclic) bond motifs is 1. The van der Waals surface area contributed by atoms with Gasteiger partial charge in [0.25, 0.3) is 0 Å². The summed E-state index contributed by atoms with van der Waals surface area (Å²) < 4.78 is 5.22. The Morgan fingerprint density at radius 2 is 2.10 bits per heavy atom. The Kier molecular flexibility index (Phi) is 3.32. The third-order valence-electron chi connectivity index (χ3n) is 3.81. The lowest BCUT2D eigenvalue weighted by molar-refractivity contribution is 0.0918. The number of carbonyl (C=O) groups excluding carboxylic acids is 1. The molecule has 1 heterocycles. The van der Waals surface area contributed by atoms with Crippen molar-refractivity contribution in [3.8, 4) is 5.75 Å². The Hall–Kier alpha value is -1.03. The van der Waals surface area contributed by atoms with Gasteiger partial charge in [0, 0.05) is 10.4 Å². The molecular weight excluding hydrogens is 315 g/mol. The summed E-state index contributed by atoms with van der Waals surface area (Å²) in [6.07, 6.45) is 0.620. The van der Waals surface area contributed by atoms with E-state index in [-0.39, 0.29) is 5.78 Å². The average molecular weight is 327 g/mol. The largest absolute Gasteiger partial charge is 0.495 e. The maximum Gasteiger partial charge on any atom is 0.176 e. The number of Topliss-reactive ketones (excluding diaryl/α,β-unsaturated/α-hetero) is 1. The summed E-state index contributed by atoms with van der Waals surface area (Å²) in [5.41, 5.74) is 0.876. The van der Waals surface area contributed by atoms with E-state index in [1.807, 2.05) is 30.5 Å². The number of ketones is 1. The minimum absolute atomic E-state index is 0.0319. The van der Waals surface area contributed by atoms with Crippen molar-refractivity contribution >= 4 is 40.3 Å². The number of carbonyl (C=O) groups is 1. The summed E-state index contributed by atoms with van der Waals surface area (Å²) in [5, 5.41) is 2.58. The molecule has 0 saturated carbocycles. The minimum Gasteiger partial charge on any atom is -0.495 e. The van der Waals surface area contributed by atoms with Crippen molar-refractivity contribution in [2.75, 3.05) is 7.11 Å². The molecule has 0 radical (unpaired) electrons. The first-order valence-electron chi connectivity index (χ1n) is 6.12. The van der Waals surface area contributed by atoms with Crippen LogP contribution < -0.4 is 4.74 Å². The first-order valence-corrected chi connectivity index (χ1v) is 7.76. The van der Waals surface area contributed by atoms with Gasteiger partial charge < -0.3 is 4.74 Å². The van der Waals surface area contributed by atoms with Gasteiger partial charge in [-0.2, -0.15) is 0 Å². The van der Waals surface area contributed by atoms with Crippen LogP contribution in [0, 0.1) is 0 Å². The third kappa shape index (κ3) is 1.80. The van der Waals surface area contributed by atoms with Crippen LogP contribution in [0.25, 0.3) is 0 Å². The molecule has 20 heavy (non-hydrogen) atoms. The molecule has 0 spiro atoms. The van der Waals surface area contributed by atoms with Crippen molar-refractivity contribution in [3.63, 3.8) is 0 Å². The number of ether oxygens (including phenoxy) is 1. The fourth-order valence-corrected chi connectivity index (χ4v) is 4.13. The summed E-state index contributed by atoms with van der Waals surface area (Å²) in [4.78, 5) is 13.9. The van der Waals surface area contributed by atoms with Crippen LogP contribution in [-0.4, -0.2) is 12.9 Å². The van der Waals surface area contributed by atoms with E-state index in [0.29, 0.717) is 27.8 Å². The molecule has 1 unspecified atom stereocenters. The van der Waals surface area contributed by atoms with Gasteiger partial charge in [0.15, 0.2) is 5.78 Å². The highest BCUT2D eigenvalue weighted by atomic mass is 35.5. The highest BCUT2D eigenvalue weighted by Crippen LogP contribution is 2.47. The van der Waals surface area contributed by atoms with Crippen molar-refractivity contribution in [1.82, 2.24) is 0 Å². The second-order valence-electron chi connectivity index (χ2n) is 5.06. The smallest absolute Gasteiger partial charge is 0.176 e. The van der Waals surface area contributed by atoms with E-state index in [1.54, 1.807) is 18.4 Å². The number of benzene rings is 1. The van der Waals surface area contributed by atoms with E-state index in [2.05, 4.69) is 0 Å². The Morgan fingerprint density at radius 1 is 1.35 bits per heavy atom. The summed E-state index contributed by atoms with van der Waals surface area (Å²) in [6.45, 7) is 1.96. The molecule has 1 aromatic heterocycles. The van der Waals surface area contributed by atoms with Gasteiger partial charge >= 0.3 is 0 Å². The topological polar surface area (TPSA) is 26.3 Å².